The lowest BCUT2D eigenvalue weighted by atomic mass is 10.1. The molecule has 0 spiro atoms. The molecule has 0 saturated heterocycles. The van der Waals surface area contributed by atoms with Crippen LogP contribution in [-0.2, 0) is 6.61 Å². The van der Waals surface area contributed by atoms with Crippen LogP contribution in [0.2, 0.25) is 5.02 Å². The topological polar surface area (TPSA) is 47.9 Å². The van der Waals surface area contributed by atoms with Crippen LogP contribution in [-0.4, -0.2) is 25.4 Å². The molecule has 82 valence electrons. The summed E-state index contributed by atoms with van der Waals surface area (Å²) in [7, 11) is 1.50. The van der Waals surface area contributed by atoms with Crippen LogP contribution in [0.1, 0.15) is 5.56 Å². The van der Waals surface area contributed by atoms with Gasteiger partial charge in [-0.05, 0) is 0 Å². The van der Waals surface area contributed by atoms with Gasteiger partial charge in [0.15, 0.2) is 11.5 Å². The minimum atomic E-state index is -0.199. The van der Waals surface area contributed by atoms with E-state index < -0.39 is 0 Å². The first kappa shape index (κ1) is 10.4. The Labute approximate surface area is 92.3 Å². The minimum Gasteiger partial charge on any atom is -0.495 e. The van der Waals surface area contributed by atoms with Gasteiger partial charge < -0.3 is 19.3 Å². The molecule has 0 saturated carbocycles. The number of aliphatic hydroxyl groups excluding tert-OH is 1. The molecule has 1 N–H and O–H groups in total. The van der Waals surface area contributed by atoms with Crippen LogP contribution < -0.4 is 14.2 Å². The Morgan fingerprint density at radius 1 is 1.47 bits per heavy atom. The monoisotopic (exact) mass is 230 g/mol. The summed E-state index contributed by atoms with van der Waals surface area (Å²) in [5, 5.41) is 9.66. The Kier molecular flexibility index (Phi) is 2.88. The van der Waals surface area contributed by atoms with Gasteiger partial charge in [0.25, 0.3) is 0 Å². The van der Waals surface area contributed by atoms with Crippen molar-refractivity contribution in [3.8, 4) is 17.2 Å². The number of fused-ring (bicyclic) bond motifs is 1. The summed E-state index contributed by atoms with van der Waals surface area (Å²) in [5.41, 5.74) is 0.528. The van der Waals surface area contributed by atoms with Gasteiger partial charge in [-0.3, -0.25) is 0 Å². The van der Waals surface area contributed by atoms with Crippen LogP contribution in [0.4, 0.5) is 0 Å². The summed E-state index contributed by atoms with van der Waals surface area (Å²) in [5.74, 6) is 1.50. The van der Waals surface area contributed by atoms with Crippen LogP contribution >= 0.6 is 11.6 Å². The van der Waals surface area contributed by atoms with Crippen molar-refractivity contribution in [1.29, 1.82) is 0 Å². The fourth-order valence-electron chi connectivity index (χ4n) is 1.57. The van der Waals surface area contributed by atoms with E-state index in [-0.39, 0.29) is 6.61 Å². The predicted octanol–water partition coefficient (Wildman–Crippen LogP) is 1.61. The highest BCUT2D eigenvalue weighted by Gasteiger charge is 2.22. The van der Waals surface area contributed by atoms with Gasteiger partial charge >= 0.3 is 0 Å². The maximum absolute atomic E-state index is 9.26. The van der Waals surface area contributed by atoms with E-state index in [0.717, 1.165) is 0 Å². The second-order valence-corrected chi connectivity index (χ2v) is 3.46. The number of aliphatic hydroxyl groups is 1. The third kappa shape index (κ3) is 1.70. The molecule has 4 nitrogen and oxygen atoms in total. The average Bonchev–Trinajstić information content (AvgIpc) is 2.27. The van der Waals surface area contributed by atoms with E-state index in [4.69, 9.17) is 25.8 Å². The lowest BCUT2D eigenvalue weighted by Gasteiger charge is -2.22. The summed E-state index contributed by atoms with van der Waals surface area (Å²) < 4.78 is 15.9. The molecule has 1 aliphatic rings. The maximum Gasteiger partial charge on any atom is 0.170 e. The highest BCUT2D eigenvalue weighted by atomic mass is 35.5. The summed E-state index contributed by atoms with van der Waals surface area (Å²) in [6.07, 6.45) is 0. The highest BCUT2D eigenvalue weighted by molar-refractivity contribution is 6.32. The Morgan fingerprint density at radius 3 is 2.87 bits per heavy atom. The van der Waals surface area contributed by atoms with Crippen molar-refractivity contribution in [2.24, 2.45) is 0 Å². The Balaban J connectivity index is 2.59. The standard InChI is InChI=1S/C10H11ClO4/c1-13-9-6(5-12)10-8(4-7(9)11)14-2-3-15-10/h4,12H,2-3,5H2,1H3. The zero-order chi connectivity index (χ0) is 10.8. The second-order valence-electron chi connectivity index (χ2n) is 3.05. The Morgan fingerprint density at radius 2 is 2.20 bits per heavy atom. The van der Waals surface area contributed by atoms with Crippen LogP contribution in [0.5, 0.6) is 17.2 Å². The van der Waals surface area contributed by atoms with Crippen molar-refractivity contribution in [2.45, 2.75) is 6.61 Å². The van der Waals surface area contributed by atoms with Crippen LogP contribution in [0.25, 0.3) is 0 Å². The first-order chi connectivity index (χ1) is 7.27. The molecule has 1 aliphatic heterocycles. The summed E-state index contributed by atoms with van der Waals surface area (Å²) in [6, 6.07) is 1.63. The number of hydrogen-bond acceptors (Lipinski definition) is 4. The third-order valence-electron chi connectivity index (χ3n) is 2.20. The molecular formula is C10H11ClO4. The number of hydrogen-bond donors (Lipinski definition) is 1. The molecule has 0 atom stereocenters. The normalized spacial score (nSPS) is 13.8. The van der Waals surface area contributed by atoms with Gasteiger partial charge in [-0.1, -0.05) is 11.6 Å². The smallest absolute Gasteiger partial charge is 0.170 e. The summed E-state index contributed by atoms with van der Waals surface area (Å²) in [4.78, 5) is 0. The zero-order valence-electron chi connectivity index (χ0n) is 8.25. The highest BCUT2D eigenvalue weighted by Crippen LogP contribution is 2.43. The number of ether oxygens (including phenoxy) is 3. The van der Waals surface area contributed by atoms with E-state index in [1.54, 1.807) is 6.07 Å². The van der Waals surface area contributed by atoms with E-state index in [0.29, 0.717) is 41.0 Å². The van der Waals surface area contributed by atoms with Gasteiger partial charge in [0.05, 0.1) is 24.3 Å². The van der Waals surface area contributed by atoms with E-state index in [2.05, 4.69) is 0 Å². The molecule has 0 amide bonds. The molecule has 0 aromatic heterocycles. The average molecular weight is 231 g/mol. The Hall–Kier alpha value is -1.13. The van der Waals surface area contributed by atoms with Gasteiger partial charge in [-0.2, -0.15) is 0 Å². The van der Waals surface area contributed by atoms with Crippen molar-refractivity contribution in [1.82, 2.24) is 0 Å². The van der Waals surface area contributed by atoms with Gasteiger partial charge in [0, 0.05) is 6.07 Å². The maximum atomic E-state index is 9.26. The lowest BCUT2D eigenvalue weighted by molar-refractivity contribution is 0.163. The summed E-state index contributed by atoms with van der Waals surface area (Å²) in [6.45, 7) is 0.751. The van der Waals surface area contributed by atoms with E-state index in [9.17, 15) is 5.11 Å². The molecule has 1 aromatic carbocycles. The fraction of sp³-hybridized carbons (Fsp3) is 0.400. The quantitative estimate of drug-likeness (QED) is 0.839. The van der Waals surface area contributed by atoms with Crippen molar-refractivity contribution >= 4 is 11.6 Å². The molecule has 1 heterocycles. The van der Waals surface area contributed by atoms with Gasteiger partial charge in [0.2, 0.25) is 0 Å². The van der Waals surface area contributed by atoms with E-state index in [1.165, 1.54) is 7.11 Å². The molecule has 15 heavy (non-hydrogen) atoms. The van der Waals surface area contributed by atoms with Crippen molar-refractivity contribution < 1.29 is 19.3 Å². The SMILES string of the molecule is COc1c(Cl)cc2c(c1CO)OCCO2. The van der Waals surface area contributed by atoms with Gasteiger partial charge in [-0.15, -0.1) is 0 Å². The van der Waals surface area contributed by atoms with Crippen molar-refractivity contribution in [3.05, 3.63) is 16.7 Å². The zero-order valence-corrected chi connectivity index (χ0v) is 9.00. The van der Waals surface area contributed by atoms with Crippen LogP contribution in [0, 0.1) is 0 Å². The molecule has 0 bridgehead atoms. The molecule has 0 fully saturated rings. The summed E-state index contributed by atoms with van der Waals surface area (Å²) >= 11 is 5.97. The molecule has 0 unspecified atom stereocenters. The molecule has 2 rings (SSSR count). The van der Waals surface area contributed by atoms with Crippen molar-refractivity contribution in [2.75, 3.05) is 20.3 Å². The fourth-order valence-corrected chi connectivity index (χ4v) is 1.86. The second kappa shape index (κ2) is 4.16. The minimum absolute atomic E-state index is 0.199. The predicted molar refractivity (Wildman–Crippen MR) is 54.9 cm³/mol. The van der Waals surface area contributed by atoms with Crippen LogP contribution in [0.3, 0.4) is 0 Å². The number of rotatable bonds is 2. The number of benzene rings is 1. The van der Waals surface area contributed by atoms with Crippen LogP contribution in [0.15, 0.2) is 6.07 Å². The number of halogens is 1. The van der Waals surface area contributed by atoms with Gasteiger partial charge in [-0.25, -0.2) is 0 Å². The number of methoxy groups -OCH3 is 1. The molecule has 0 radical (unpaired) electrons. The van der Waals surface area contributed by atoms with E-state index in [1.807, 2.05) is 0 Å². The largest absolute Gasteiger partial charge is 0.495 e. The third-order valence-corrected chi connectivity index (χ3v) is 2.48. The first-order valence-corrected chi connectivity index (χ1v) is 4.91. The Bertz CT molecular complexity index is 378. The first-order valence-electron chi connectivity index (χ1n) is 4.53. The van der Waals surface area contributed by atoms with Crippen molar-refractivity contribution in [3.63, 3.8) is 0 Å². The molecular weight excluding hydrogens is 220 g/mol. The van der Waals surface area contributed by atoms with Gasteiger partial charge in [0.1, 0.15) is 19.0 Å². The van der Waals surface area contributed by atoms with E-state index >= 15 is 0 Å². The molecule has 0 aliphatic carbocycles. The molecule has 5 heteroatoms. The lowest BCUT2D eigenvalue weighted by Crippen LogP contribution is -2.17. The molecule has 1 aromatic rings.